The first-order valence-corrected chi connectivity index (χ1v) is 19.8. The van der Waals surface area contributed by atoms with Gasteiger partial charge in [0.25, 0.3) is 0 Å². The zero-order valence-electron chi connectivity index (χ0n) is 29.6. The van der Waals surface area contributed by atoms with Crippen LogP contribution in [0.3, 0.4) is 0 Å². The summed E-state index contributed by atoms with van der Waals surface area (Å²) in [5.74, 6) is -4.40. The van der Waals surface area contributed by atoms with Gasteiger partial charge in [-0.2, -0.15) is 18.3 Å². The number of nitrogens with zero attached hydrogens (tertiary/aromatic N) is 4. The predicted molar refractivity (Wildman–Crippen MR) is 187 cm³/mol. The molecular formula is C37H41F3N6O7S. The van der Waals surface area contributed by atoms with Gasteiger partial charge in [0.1, 0.15) is 11.8 Å². The molecule has 3 aromatic rings. The molecule has 1 aromatic carbocycles. The van der Waals surface area contributed by atoms with Gasteiger partial charge in [-0.05, 0) is 69.6 Å². The van der Waals surface area contributed by atoms with E-state index in [0.717, 1.165) is 6.42 Å². The van der Waals surface area contributed by atoms with Crippen LogP contribution in [-0.2, 0) is 30.6 Å². The van der Waals surface area contributed by atoms with Gasteiger partial charge in [-0.3, -0.25) is 29.0 Å². The normalized spacial score (nSPS) is 27.4. The Morgan fingerprint density at radius 3 is 2.50 bits per heavy atom. The van der Waals surface area contributed by atoms with E-state index in [-0.39, 0.29) is 48.3 Å². The van der Waals surface area contributed by atoms with Crippen molar-refractivity contribution in [3.63, 3.8) is 0 Å². The largest absolute Gasteiger partial charge is 0.471 e. The van der Waals surface area contributed by atoms with Crippen LogP contribution in [0.25, 0.3) is 11.0 Å². The van der Waals surface area contributed by atoms with Gasteiger partial charge in [-0.15, -0.1) is 0 Å². The maximum Gasteiger partial charge on any atom is 0.438 e. The summed E-state index contributed by atoms with van der Waals surface area (Å²) in [5.41, 5.74) is -1.79. The Hall–Kier alpha value is -4.67. The van der Waals surface area contributed by atoms with Gasteiger partial charge in [0.2, 0.25) is 33.4 Å². The van der Waals surface area contributed by atoms with Crippen LogP contribution in [0.2, 0.25) is 0 Å². The predicted octanol–water partition coefficient (Wildman–Crippen LogP) is 5.01. The summed E-state index contributed by atoms with van der Waals surface area (Å²) in [6, 6.07) is 6.32. The molecule has 1 saturated heterocycles. The van der Waals surface area contributed by atoms with Gasteiger partial charge in [0.15, 0.2) is 11.6 Å². The van der Waals surface area contributed by atoms with Gasteiger partial charge >= 0.3 is 6.18 Å². The smallest absolute Gasteiger partial charge is 0.438 e. The molecule has 4 heterocycles. The molecule has 0 unspecified atom stereocenters. The maximum absolute atomic E-state index is 14.5. The number of fused-ring (bicyclic) bond motifs is 3. The number of alkyl halides is 3. The molecule has 54 heavy (non-hydrogen) atoms. The topological polar surface area (TPSA) is 181 Å². The Morgan fingerprint density at radius 1 is 1.07 bits per heavy atom. The summed E-state index contributed by atoms with van der Waals surface area (Å²) in [7, 11) is -3.94. The van der Waals surface area contributed by atoms with E-state index in [1.165, 1.54) is 23.1 Å². The highest BCUT2D eigenvalue weighted by atomic mass is 32.2. The van der Waals surface area contributed by atoms with Crippen LogP contribution in [0.15, 0.2) is 42.5 Å². The fourth-order valence-corrected chi connectivity index (χ4v) is 9.00. The lowest BCUT2D eigenvalue weighted by Crippen LogP contribution is -2.46. The Morgan fingerprint density at radius 2 is 1.81 bits per heavy atom. The standard InChI is InChI=1S/C37H41F3N6O7S/c1-21-15-28(44-43-21)30(47)16-22-9-5-3-2-4-6-10-23-18-36(23,35(50)45-54(51,52)25-13-14-25)19-31(48)29-17-24(20-46(29)34(22)49)53-33-32(37(38,39)40)41-26-11-7-8-12-27(26)42-33/h6-8,10-12,15,22-25,29H,2-5,9,13-14,16-20H2,1H3,(H,43,44)(H,45,50)/b10-6-/t22-,23-,24-,29+,36-/m1/s1. The van der Waals surface area contributed by atoms with Crippen LogP contribution >= 0.6 is 0 Å². The number of carbonyl (C=O) groups excluding carboxylic acids is 4. The number of hydrogen-bond acceptors (Lipinski definition) is 10. The average Bonchev–Trinajstić information content (AvgIpc) is 4.01. The van der Waals surface area contributed by atoms with E-state index in [9.17, 15) is 40.8 Å². The second-order valence-electron chi connectivity index (χ2n) is 15.0. The third-order valence-corrected chi connectivity index (χ3v) is 12.7. The summed E-state index contributed by atoms with van der Waals surface area (Å²) in [4.78, 5) is 65.1. The molecule has 7 rings (SSSR count). The van der Waals surface area contributed by atoms with E-state index in [1.807, 2.05) is 12.2 Å². The van der Waals surface area contributed by atoms with Crippen LogP contribution < -0.4 is 9.46 Å². The number of ketones is 2. The van der Waals surface area contributed by atoms with Crippen molar-refractivity contribution >= 4 is 44.4 Å². The molecule has 288 valence electrons. The SMILES string of the molecule is Cc1cc(C(=O)C[C@H]2CCCCC/C=C\[C@@H]3C[C@@]3(C(=O)NS(=O)(=O)C3CC3)CC(=O)[C@@H]3C[C@@H](Oc4nc5ccccc5nc4C(F)(F)F)CN3C2=O)n[nH]1. The van der Waals surface area contributed by atoms with Gasteiger partial charge < -0.3 is 9.64 Å². The number of aromatic amines is 1. The molecule has 3 fully saturated rings. The van der Waals surface area contributed by atoms with Crippen LogP contribution in [0.5, 0.6) is 5.88 Å². The lowest BCUT2D eigenvalue weighted by atomic mass is 9.90. The highest BCUT2D eigenvalue weighted by Gasteiger charge is 2.61. The quantitative estimate of drug-likeness (QED) is 0.234. The minimum Gasteiger partial charge on any atom is -0.471 e. The Balaban J connectivity index is 1.22. The molecule has 17 heteroatoms. The van der Waals surface area contributed by atoms with Crippen molar-refractivity contribution in [3.05, 3.63) is 59.6 Å². The minimum absolute atomic E-state index is 0.00143. The van der Waals surface area contributed by atoms with Gasteiger partial charge in [-0.1, -0.05) is 37.1 Å². The van der Waals surface area contributed by atoms with E-state index in [2.05, 4.69) is 24.9 Å². The molecular weight excluding hydrogens is 730 g/mol. The summed E-state index contributed by atoms with van der Waals surface area (Å²) >= 11 is 0. The number of allylic oxidation sites excluding steroid dienone is 2. The fourth-order valence-electron chi connectivity index (χ4n) is 7.62. The van der Waals surface area contributed by atoms with Crippen molar-refractivity contribution in [1.29, 1.82) is 0 Å². The van der Waals surface area contributed by atoms with E-state index >= 15 is 0 Å². The van der Waals surface area contributed by atoms with Crippen molar-refractivity contribution in [3.8, 4) is 5.88 Å². The van der Waals surface area contributed by atoms with Crippen LogP contribution in [0.1, 0.15) is 92.5 Å². The number of aromatic nitrogens is 4. The second-order valence-corrected chi connectivity index (χ2v) is 16.9. The van der Waals surface area contributed by atoms with E-state index in [1.54, 1.807) is 19.1 Å². The number of amides is 2. The van der Waals surface area contributed by atoms with Crippen molar-refractivity contribution < 1.29 is 45.5 Å². The van der Waals surface area contributed by atoms with E-state index < -0.39 is 86.4 Å². The summed E-state index contributed by atoms with van der Waals surface area (Å²) < 4.78 is 76.5. The fraction of sp³-hybridized carbons (Fsp3) is 0.541. The first-order valence-electron chi connectivity index (χ1n) is 18.3. The molecule has 2 aromatic heterocycles. The van der Waals surface area contributed by atoms with Crippen molar-refractivity contribution in [2.75, 3.05) is 6.54 Å². The second kappa shape index (κ2) is 14.5. The molecule has 2 saturated carbocycles. The Kier molecular flexibility index (Phi) is 10.1. The third-order valence-electron chi connectivity index (χ3n) is 10.8. The number of para-hydroxylation sites is 2. The summed E-state index contributed by atoms with van der Waals surface area (Å²) in [5, 5.41) is 6.09. The molecule has 0 spiro atoms. The lowest BCUT2D eigenvalue weighted by Gasteiger charge is -2.29. The number of hydrogen-bond donors (Lipinski definition) is 2. The molecule has 2 N–H and O–H groups in total. The van der Waals surface area contributed by atoms with Crippen molar-refractivity contribution in [2.45, 2.75) is 101 Å². The molecule has 0 radical (unpaired) electrons. The number of benzene rings is 1. The van der Waals surface area contributed by atoms with Crippen LogP contribution in [0, 0.1) is 24.2 Å². The molecule has 2 amide bonds. The highest BCUT2D eigenvalue weighted by Crippen LogP contribution is 2.57. The first-order chi connectivity index (χ1) is 25.6. The van der Waals surface area contributed by atoms with Gasteiger partial charge in [0.05, 0.1) is 34.3 Å². The zero-order chi connectivity index (χ0) is 38.4. The molecule has 4 aliphatic rings. The Labute approximate surface area is 309 Å². The number of Topliss-reactive ketones (excluding diaryl/α,β-unsaturated/α-hetero) is 2. The molecule has 13 nitrogen and oxygen atoms in total. The number of sulfonamides is 1. The van der Waals surface area contributed by atoms with E-state index in [4.69, 9.17) is 4.74 Å². The zero-order valence-corrected chi connectivity index (χ0v) is 30.4. The number of halogens is 3. The molecule has 5 atom stereocenters. The Bertz CT molecular complexity index is 2120. The minimum atomic E-state index is -4.94. The molecule has 0 bridgehead atoms. The molecule has 2 aliphatic carbocycles. The number of carbonyl (C=O) groups is 4. The van der Waals surface area contributed by atoms with E-state index in [0.29, 0.717) is 44.2 Å². The first kappa shape index (κ1) is 37.6. The van der Waals surface area contributed by atoms with Crippen molar-refractivity contribution in [2.24, 2.45) is 17.3 Å². The summed E-state index contributed by atoms with van der Waals surface area (Å²) in [6.07, 6.45) is 0.922. The van der Waals surface area contributed by atoms with Gasteiger partial charge in [0, 0.05) is 30.9 Å². The highest BCUT2D eigenvalue weighted by molar-refractivity contribution is 7.90. The number of nitrogens with one attached hydrogen (secondary N) is 2. The molecule has 2 aliphatic heterocycles. The van der Waals surface area contributed by atoms with Crippen LogP contribution in [0.4, 0.5) is 13.2 Å². The number of aryl methyl sites for hydroxylation is 1. The van der Waals surface area contributed by atoms with Crippen LogP contribution in [-0.4, -0.2) is 80.8 Å². The monoisotopic (exact) mass is 770 g/mol. The van der Waals surface area contributed by atoms with Crippen molar-refractivity contribution in [1.82, 2.24) is 29.8 Å². The number of H-pyrrole nitrogens is 1. The van der Waals surface area contributed by atoms with Gasteiger partial charge in [-0.25, -0.2) is 18.4 Å². The lowest BCUT2D eigenvalue weighted by molar-refractivity contribution is -0.143. The number of ether oxygens (including phenoxy) is 1. The third kappa shape index (κ3) is 7.91. The maximum atomic E-state index is 14.5. The number of rotatable bonds is 8. The summed E-state index contributed by atoms with van der Waals surface area (Å²) in [6.45, 7) is 1.43. The average molecular weight is 771 g/mol.